The van der Waals surface area contributed by atoms with E-state index in [4.69, 9.17) is 0 Å². The Balaban J connectivity index is 1.73. The van der Waals surface area contributed by atoms with Crippen molar-refractivity contribution in [1.82, 2.24) is 9.72 Å². The van der Waals surface area contributed by atoms with Gasteiger partial charge in [-0.05, 0) is 61.8 Å². The molecule has 1 saturated carbocycles. The highest BCUT2D eigenvalue weighted by atomic mass is 19.1. The number of pyridine rings is 2. The van der Waals surface area contributed by atoms with Gasteiger partial charge in [-0.15, -0.1) is 0 Å². The van der Waals surface area contributed by atoms with Crippen LogP contribution in [0.4, 0.5) is 10.1 Å². The van der Waals surface area contributed by atoms with Crippen molar-refractivity contribution in [3.63, 3.8) is 0 Å². The van der Waals surface area contributed by atoms with E-state index in [9.17, 15) is 14.7 Å². The minimum atomic E-state index is -1.27. The van der Waals surface area contributed by atoms with Crippen molar-refractivity contribution >= 4 is 17.2 Å². The van der Waals surface area contributed by atoms with E-state index in [0.717, 1.165) is 50.0 Å². The summed E-state index contributed by atoms with van der Waals surface area (Å²) in [7, 11) is 0. The van der Waals surface area contributed by atoms with Crippen LogP contribution in [0.3, 0.4) is 0 Å². The molecule has 0 radical (unpaired) electrons. The van der Waals surface area contributed by atoms with Crippen LogP contribution in [0.5, 0.6) is 0 Å². The highest BCUT2D eigenvalue weighted by Crippen LogP contribution is 2.44. The van der Waals surface area contributed by atoms with Crippen molar-refractivity contribution in [3.05, 3.63) is 45.1 Å². The van der Waals surface area contributed by atoms with Crippen molar-refractivity contribution in [2.24, 2.45) is 5.92 Å². The quantitative estimate of drug-likeness (QED) is 0.865. The second kappa shape index (κ2) is 5.79. The molecule has 2 atom stereocenters. The molecule has 2 N–H and O–H groups in total. The van der Waals surface area contributed by atoms with Crippen LogP contribution in [-0.2, 0) is 0 Å². The van der Waals surface area contributed by atoms with E-state index in [-0.39, 0.29) is 11.5 Å². The molecule has 142 valence electrons. The van der Waals surface area contributed by atoms with E-state index in [0.29, 0.717) is 23.2 Å². The monoisotopic (exact) mass is 371 g/mol. The van der Waals surface area contributed by atoms with Crippen LogP contribution in [0.2, 0.25) is 0 Å². The lowest BCUT2D eigenvalue weighted by Gasteiger charge is -2.24. The molecule has 3 fully saturated rings. The van der Waals surface area contributed by atoms with Crippen molar-refractivity contribution in [2.75, 3.05) is 24.5 Å². The Morgan fingerprint density at radius 3 is 2.74 bits per heavy atom. The molecule has 2 saturated heterocycles. The molecule has 27 heavy (non-hydrogen) atoms. The zero-order chi connectivity index (χ0) is 18.9. The largest absolute Gasteiger partial charge is 0.477 e. The summed E-state index contributed by atoms with van der Waals surface area (Å²) in [6.07, 6.45) is 4.22. The predicted octanol–water partition coefficient (Wildman–Crippen LogP) is 2.12. The molecule has 3 aliphatic rings. The smallest absolute Gasteiger partial charge is 0.341 e. The first-order chi connectivity index (χ1) is 13.0. The summed E-state index contributed by atoms with van der Waals surface area (Å²) in [4.78, 5) is 26.2. The summed E-state index contributed by atoms with van der Waals surface area (Å²) in [6, 6.07) is 1.90. The number of anilines is 1. The van der Waals surface area contributed by atoms with E-state index in [1.54, 1.807) is 0 Å². The van der Waals surface area contributed by atoms with Gasteiger partial charge in [0.05, 0.1) is 17.4 Å². The summed E-state index contributed by atoms with van der Waals surface area (Å²) in [5.74, 6) is -0.960. The molecule has 0 amide bonds. The Morgan fingerprint density at radius 2 is 2.07 bits per heavy atom. The number of halogens is 1. The van der Waals surface area contributed by atoms with Gasteiger partial charge < -0.3 is 15.3 Å². The van der Waals surface area contributed by atoms with Gasteiger partial charge in [0.25, 0.3) is 5.56 Å². The third kappa shape index (κ3) is 2.48. The van der Waals surface area contributed by atoms with E-state index in [1.807, 2.05) is 6.92 Å². The van der Waals surface area contributed by atoms with Crippen LogP contribution in [0.15, 0.2) is 17.1 Å². The first-order valence-corrected chi connectivity index (χ1v) is 9.55. The minimum Gasteiger partial charge on any atom is -0.477 e. The van der Waals surface area contributed by atoms with Gasteiger partial charge >= 0.3 is 5.97 Å². The highest BCUT2D eigenvalue weighted by molar-refractivity contribution is 5.89. The van der Waals surface area contributed by atoms with Crippen LogP contribution < -0.4 is 15.8 Å². The average Bonchev–Trinajstić information content (AvgIpc) is 3.24. The van der Waals surface area contributed by atoms with Gasteiger partial charge in [0.2, 0.25) is 0 Å². The average molecular weight is 371 g/mol. The van der Waals surface area contributed by atoms with Gasteiger partial charge in [-0.3, -0.25) is 9.20 Å². The first kappa shape index (κ1) is 16.7. The number of aryl methyl sites for hydroxylation is 1. The van der Waals surface area contributed by atoms with Gasteiger partial charge in [0, 0.05) is 19.1 Å². The number of nitrogens with one attached hydrogen (secondary N) is 1. The number of carboxylic acid groups (broad SMARTS) is 1. The van der Waals surface area contributed by atoms with Crippen molar-refractivity contribution in [1.29, 1.82) is 0 Å². The first-order valence-electron chi connectivity index (χ1n) is 9.55. The number of nitrogens with zero attached hydrogens (tertiary/aromatic N) is 2. The van der Waals surface area contributed by atoms with E-state index < -0.39 is 17.3 Å². The van der Waals surface area contributed by atoms with Gasteiger partial charge in [-0.1, -0.05) is 0 Å². The van der Waals surface area contributed by atoms with Crippen LogP contribution in [0.25, 0.3) is 5.52 Å². The van der Waals surface area contributed by atoms with Gasteiger partial charge in [0.1, 0.15) is 5.56 Å². The number of hydrogen-bond acceptors (Lipinski definition) is 4. The zero-order valence-corrected chi connectivity index (χ0v) is 15.2. The van der Waals surface area contributed by atoms with Crippen molar-refractivity contribution in [3.8, 4) is 0 Å². The second-order valence-electron chi connectivity index (χ2n) is 8.08. The molecular weight excluding hydrogens is 349 g/mol. The number of aromatic carboxylic acids is 1. The molecule has 5 rings (SSSR count). The molecule has 7 heteroatoms. The third-order valence-electron chi connectivity index (χ3n) is 6.37. The Hall–Kier alpha value is -2.41. The number of aromatic nitrogens is 1. The fourth-order valence-corrected chi connectivity index (χ4v) is 4.92. The zero-order valence-electron chi connectivity index (χ0n) is 15.2. The highest BCUT2D eigenvalue weighted by Gasteiger charge is 2.38. The number of hydrogen-bond donors (Lipinski definition) is 2. The van der Waals surface area contributed by atoms with Crippen molar-refractivity contribution in [2.45, 2.75) is 38.1 Å². The number of carbonyl (C=O) groups is 1. The molecule has 0 unspecified atom stereocenters. The molecule has 2 aromatic rings. The van der Waals surface area contributed by atoms with Crippen LogP contribution in [0, 0.1) is 18.7 Å². The molecule has 6 nitrogen and oxygen atoms in total. The molecule has 0 aromatic carbocycles. The van der Waals surface area contributed by atoms with Crippen LogP contribution >= 0.6 is 0 Å². The normalized spacial score (nSPS) is 24.6. The molecule has 2 aliphatic heterocycles. The van der Waals surface area contributed by atoms with Crippen LogP contribution in [-0.4, -0.2) is 41.2 Å². The molecule has 0 bridgehead atoms. The van der Waals surface area contributed by atoms with Gasteiger partial charge in [-0.2, -0.15) is 0 Å². The standard InChI is InChI=1S/C20H22FN3O3/c1-10-17-13(11-2-3-11)6-14(20(26)27)19(25)24(17)8-15(21)18(10)23-7-12-4-5-22-16(12)9-23/h6,8,11-12,16,22H,2-5,7,9H2,1H3,(H,26,27)/t12-,16+/m0/s1. The predicted molar refractivity (Wildman–Crippen MR) is 99.4 cm³/mol. The maximum atomic E-state index is 15.1. The van der Waals surface area contributed by atoms with E-state index in [1.165, 1.54) is 16.7 Å². The maximum absolute atomic E-state index is 15.1. The third-order valence-corrected chi connectivity index (χ3v) is 6.37. The topological polar surface area (TPSA) is 74.0 Å². The number of carboxylic acids is 1. The molecule has 4 heterocycles. The summed E-state index contributed by atoms with van der Waals surface area (Å²) in [6.45, 7) is 4.43. The van der Waals surface area contributed by atoms with E-state index >= 15 is 4.39 Å². The summed E-state index contributed by atoms with van der Waals surface area (Å²) < 4.78 is 16.3. The number of fused-ring (bicyclic) bond motifs is 2. The van der Waals surface area contributed by atoms with E-state index in [2.05, 4.69) is 10.2 Å². The Labute approximate surface area is 155 Å². The second-order valence-corrected chi connectivity index (χ2v) is 8.08. The SMILES string of the molecule is Cc1c(N2C[C@@H]3CCN[C@@H]3C2)c(F)cn2c(=O)c(C(=O)O)cc(C3CC3)c12. The Kier molecular flexibility index (Phi) is 3.59. The molecular formula is C20H22FN3O3. The lowest BCUT2D eigenvalue weighted by Crippen LogP contribution is -2.31. The number of rotatable bonds is 3. The summed E-state index contributed by atoms with van der Waals surface area (Å²) in [5, 5.41) is 12.9. The molecule has 2 aromatic heterocycles. The maximum Gasteiger partial charge on any atom is 0.341 e. The Morgan fingerprint density at radius 1 is 1.30 bits per heavy atom. The fraction of sp³-hybridized carbons (Fsp3) is 0.500. The minimum absolute atomic E-state index is 0.246. The lowest BCUT2D eigenvalue weighted by atomic mass is 10.0. The molecule has 0 spiro atoms. The Bertz CT molecular complexity index is 1020. The fourth-order valence-electron chi connectivity index (χ4n) is 4.92. The van der Waals surface area contributed by atoms with Crippen molar-refractivity contribution < 1.29 is 14.3 Å². The van der Waals surface area contributed by atoms with Gasteiger partial charge in [0.15, 0.2) is 5.82 Å². The summed E-state index contributed by atoms with van der Waals surface area (Å²) >= 11 is 0. The lowest BCUT2D eigenvalue weighted by molar-refractivity contribution is 0.0694. The summed E-state index contributed by atoms with van der Waals surface area (Å²) in [5.41, 5.74) is 1.84. The van der Waals surface area contributed by atoms with Gasteiger partial charge in [-0.25, -0.2) is 9.18 Å². The van der Waals surface area contributed by atoms with Crippen LogP contribution in [0.1, 0.15) is 46.7 Å². The molecule has 1 aliphatic carbocycles.